The second-order valence-electron chi connectivity index (χ2n) is 3.18. The highest BCUT2D eigenvalue weighted by Gasteiger charge is 2.15. The number of hydrogen-bond donors (Lipinski definition) is 0. The molecule has 0 saturated carbocycles. The fourth-order valence-corrected chi connectivity index (χ4v) is 4.23. The third-order valence-electron chi connectivity index (χ3n) is 2.10. The lowest BCUT2D eigenvalue weighted by molar-refractivity contribution is 0.104. The van der Waals surface area contributed by atoms with Crippen molar-refractivity contribution in [2.45, 2.75) is 13.3 Å². The summed E-state index contributed by atoms with van der Waals surface area (Å²) in [5, 5.41) is 0. The maximum Gasteiger partial charge on any atom is 0.212 e. The molecule has 84 valence electrons. The van der Waals surface area contributed by atoms with E-state index in [0.717, 1.165) is 24.4 Å². The molecule has 5 heteroatoms. The standard InChI is InChI=1S/C11H8Br2OS2/c1-2-6-3-4-8(15-6)10(14)9-5-7(12)11(13)16-9/h3-5H,2H2,1H3. The van der Waals surface area contributed by atoms with E-state index in [1.54, 1.807) is 11.3 Å². The smallest absolute Gasteiger partial charge is 0.212 e. The predicted molar refractivity (Wildman–Crippen MR) is 76.8 cm³/mol. The molecule has 0 aliphatic heterocycles. The maximum absolute atomic E-state index is 12.1. The van der Waals surface area contributed by atoms with E-state index in [1.807, 2.05) is 18.2 Å². The van der Waals surface area contributed by atoms with Gasteiger partial charge in [0.15, 0.2) is 0 Å². The lowest BCUT2D eigenvalue weighted by Crippen LogP contribution is -1.93. The predicted octanol–water partition coefficient (Wildman–Crippen LogP) is 5.13. The van der Waals surface area contributed by atoms with E-state index in [2.05, 4.69) is 38.8 Å². The molecule has 16 heavy (non-hydrogen) atoms. The van der Waals surface area contributed by atoms with E-state index in [9.17, 15) is 4.79 Å². The monoisotopic (exact) mass is 378 g/mol. The first-order valence-corrected chi connectivity index (χ1v) is 7.92. The quantitative estimate of drug-likeness (QED) is 0.675. The van der Waals surface area contributed by atoms with Crippen LogP contribution in [0.2, 0.25) is 0 Å². The molecule has 0 aromatic carbocycles. The topological polar surface area (TPSA) is 17.1 Å². The van der Waals surface area contributed by atoms with Crippen LogP contribution in [0.25, 0.3) is 0 Å². The van der Waals surface area contributed by atoms with Crippen molar-refractivity contribution >= 4 is 60.3 Å². The van der Waals surface area contributed by atoms with Crippen molar-refractivity contribution in [1.82, 2.24) is 0 Å². The van der Waals surface area contributed by atoms with Crippen LogP contribution in [0.1, 0.15) is 26.3 Å². The van der Waals surface area contributed by atoms with Crippen LogP contribution in [0.15, 0.2) is 26.5 Å². The zero-order valence-corrected chi connectivity index (χ0v) is 13.2. The number of carbonyl (C=O) groups excluding carboxylic acids is 1. The Hall–Kier alpha value is 0.0300. The number of carbonyl (C=O) groups is 1. The highest BCUT2D eigenvalue weighted by Crippen LogP contribution is 2.34. The molecule has 2 heterocycles. The van der Waals surface area contributed by atoms with E-state index in [4.69, 9.17) is 0 Å². The Kier molecular flexibility index (Phi) is 4.00. The summed E-state index contributed by atoms with van der Waals surface area (Å²) >= 11 is 9.83. The van der Waals surface area contributed by atoms with Gasteiger partial charge in [-0.05, 0) is 56.5 Å². The SMILES string of the molecule is CCc1ccc(C(=O)c2cc(Br)c(Br)s2)s1. The van der Waals surface area contributed by atoms with Gasteiger partial charge in [-0.3, -0.25) is 4.79 Å². The summed E-state index contributed by atoms with van der Waals surface area (Å²) in [7, 11) is 0. The van der Waals surface area contributed by atoms with Crippen molar-refractivity contribution in [3.8, 4) is 0 Å². The molecule has 0 atom stereocenters. The number of hydrogen-bond acceptors (Lipinski definition) is 3. The maximum atomic E-state index is 12.1. The molecule has 0 fully saturated rings. The van der Waals surface area contributed by atoms with E-state index in [1.165, 1.54) is 16.2 Å². The fourth-order valence-electron chi connectivity index (χ4n) is 1.27. The average Bonchev–Trinajstić information content (AvgIpc) is 2.86. The Morgan fingerprint density at radius 3 is 2.50 bits per heavy atom. The van der Waals surface area contributed by atoms with Gasteiger partial charge in [-0.2, -0.15) is 0 Å². The Morgan fingerprint density at radius 2 is 2.00 bits per heavy atom. The highest BCUT2D eigenvalue weighted by atomic mass is 79.9. The van der Waals surface area contributed by atoms with Crippen molar-refractivity contribution in [3.05, 3.63) is 41.1 Å². The van der Waals surface area contributed by atoms with Crippen LogP contribution in [0.5, 0.6) is 0 Å². The van der Waals surface area contributed by atoms with Gasteiger partial charge in [0.05, 0.1) is 13.5 Å². The van der Waals surface area contributed by atoms with Crippen LogP contribution < -0.4 is 0 Å². The summed E-state index contributed by atoms with van der Waals surface area (Å²) in [6.07, 6.45) is 0.982. The van der Waals surface area contributed by atoms with Gasteiger partial charge >= 0.3 is 0 Å². The summed E-state index contributed by atoms with van der Waals surface area (Å²) in [6, 6.07) is 5.80. The second-order valence-corrected chi connectivity index (χ2v) is 7.57. The number of rotatable bonds is 3. The molecule has 0 spiro atoms. The van der Waals surface area contributed by atoms with E-state index >= 15 is 0 Å². The third kappa shape index (κ3) is 2.47. The molecule has 1 nitrogen and oxygen atoms in total. The molecule has 0 amide bonds. The minimum Gasteiger partial charge on any atom is -0.287 e. The number of halogens is 2. The van der Waals surface area contributed by atoms with Gasteiger partial charge in [-0.15, -0.1) is 22.7 Å². The van der Waals surface area contributed by atoms with Crippen molar-refractivity contribution in [1.29, 1.82) is 0 Å². The van der Waals surface area contributed by atoms with E-state index in [0.29, 0.717) is 0 Å². The van der Waals surface area contributed by atoms with Gasteiger partial charge in [0.2, 0.25) is 5.78 Å². The van der Waals surface area contributed by atoms with Crippen molar-refractivity contribution < 1.29 is 4.79 Å². The summed E-state index contributed by atoms with van der Waals surface area (Å²) < 4.78 is 1.90. The molecule has 0 radical (unpaired) electrons. The lowest BCUT2D eigenvalue weighted by Gasteiger charge is -1.91. The van der Waals surface area contributed by atoms with Crippen LogP contribution in [0, 0.1) is 0 Å². The van der Waals surface area contributed by atoms with Crippen LogP contribution >= 0.6 is 54.5 Å². The molecule has 0 bridgehead atoms. The normalized spacial score (nSPS) is 10.7. The molecule has 0 aliphatic carbocycles. The zero-order valence-electron chi connectivity index (χ0n) is 8.42. The Labute approximate surface area is 119 Å². The Bertz CT molecular complexity index is 508. The summed E-state index contributed by atoms with van der Waals surface area (Å²) in [5.41, 5.74) is 0. The molecule has 2 rings (SSSR count). The molecule has 2 aromatic rings. The first kappa shape index (κ1) is 12.5. The third-order valence-corrected chi connectivity index (χ3v) is 6.59. The number of aryl methyl sites for hydroxylation is 1. The van der Waals surface area contributed by atoms with Gasteiger partial charge in [0.1, 0.15) is 0 Å². The van der Waals surface area contributed by atoms with Crippen molar-refractivity contribution in [3.63, 3.8) is 0 Å². The molecule has 0 saturated heterocycles. The van der Waals surface area contributed by atoms with Gasteiger partial charge < -0.3 is 0 Å². The summed E-state index contributed by atoms with van der Waals surface area (Å²) in [4.78, 5) is 15.0. The van der Waals surface area contributed by atoms with Gasteiger partial charge in [-0.25, -0.2) is 0 Å². The molecule has 0 aliphatic rings. The van der Waals surface area contributed by atoms with Gasteiger partial charge in [-0.1, -0.05) is 6.92 Å². The minimum absolute atomic E-state index is 0.112. The minimum atomic E-state index is 0.112. The second kappa shape index (κ2) is 5.12. The van der Waals surface area contributed by atoms with E-state index in [-0.39, 0.29) is 5.78 Å². The van der Waals surface area contributed by atoms with Gasteiger partial charge in [0, 0.05) is 9.35 Å². The van der Waals surface area contributed by atoms with Crippen molar-refractivity contribution in [2.75, 3.05) is 0 Å². The van der Waals surface area contributed by atoms with Crippen LogP contribution in [0.4, 0.5) is 0 Å². The van der Waals surface area contributed by atoms with Crippen LogP contribution in [0.3, 0.4) is 0 Å². The molecule has 2 aromatic heterocycles. The Morgan fingerprint density at radius 1 is 1.25 bits per heavy atom. The zero-order chi connectivity index (χ0) is 11.7. The molecule has 0 N–H and O–H groups in total. The van der Waals surface area contributed by atoms with E-state index < -0.39 is 0 Å². The number of ketones is 1. The molecular weight excluding hydrogens is 372 g/mol. The first-order valence-electron chi connectivity index (χ1n) is 4.70. The fraction of sp³-hybridized carbons (Fsp3) is 0.182. The highest BCUT2D eigenvalue weighted by molar-refractivity contribution is 9.13. The van der Waals surface area contributed by atoms with Gasteiger partial charge in [0.25, 0.3) is 0 Å². The van der Waals surface area contributed by atoms with Crippen LogP contribution in [-0.2, 0) is 6.42 Å². The largest absolute Gasteiger partial charge is 0.287 e. The lowest BCUT2D eigenvalue weighted by atomic mass is 10.2. The molecule has 0 unspecified atom stereocenters. The average molecular weight is 380 g/mol. The Balaban J connectivity index is 2.31. The summed E-state index contributed by atoms with van der Waals surface area (Å²) in [5.74, 6) is 0.112. The summed E-state index contributed by atoms with van der Waals surface area (Å²) in [6.45, 7) is 2.10. The van der Waals surface area contributed by atoms with Crippen LogP contribution in [-0.4, -0.2) is 5.78 Å². The van der Waals surface area contributed by atoms with Crippen molar-refractivity contribution in [2.24, 2.45) is 0 Å². The molecular formula is C11H8Br2OS2. The first-order chi connectivity index (χ1) is 7.61. The number of thiophene rings is 2.